The van der Waals surface area contributed by atoms with E-state index < -0.39 is 30.4 Å². The van der Waals surface area contributed by atoms with E-state index in [0.29, 0.717) is 0 Å². The first-order chi connectivity index (χ1) is 17.0. The number of benzene rings is 2. The van der Waals surface area contributed by atoms with E-state index in [4.69, 9.17) is 4.74 Å². The van der Waals surface area contributed by atoms with E-state index in [2.05, 4.69) is 10.6 Å². The molecule has 2 aromatic heterocycles. The second-order valence-electron chi connectivity index (χ2n) is 8.24. The number of carboxylic acids is 1. The lowest BCUT2D eigenvalue weighted by atomic mass is 9.98. The zero-order chi connectivity index (χ0) is 24.4. The molecular weight excluding hydrogens is 484 g/mol. The Hall–Kier alpha value is -3.69. The zero-order valence-electron chi connectivity index (χ0n) is 18.5. The summed E-state index contributed by atoms with van der Waals surface area (Å²) in [7, 11) is 0. The molecule has 1 atom stereocenters. The predicted octanol–water partition coefficient (Wildman–Crippen LogP) is 4.96. The summed E-state index contributed by atoms with van der Waals surface area (Å²) in [4.78, 5) is 37.5. The second-order valence-corrected chi connectivity index (χ2v) is 10.2. The first-order valence-corrected chi connectivity index (χ1v) is 12.8. The summed E-state index contributed by atoms with van der Waals surface area (Å²) in [5.41, 5.74) is 4.34. The van der Waals surface area contributed by atoms with E-state index in [0.717, 1.165) is 37.2 Å². The lowest BCUT2D eigenvalue weighted by Gasteiger charge is -2.18. The van der Waals surface area contributed by atoms with Crippen LogP contribution in [0.5, 0.6) is 0 Å². The van der Waals surface area contributed by atoms with Crippen molar-refractivity contribution in [2.75, 3.05) is 6.61 Å². The third kappa shape index (κ3) is 4.91. The molecule has 3 N–H and O–H groups in total. The van der Waals surface area contributed by atoms with Gasteiger partial charge in [0.15, 0.2) is 0 Å². The maximum Gasteiger partial charge on any atom is 0.407 e. The first-order valence-electron chi connectivity index (χ1n) is 11.0. The van der Waals surface area contributed by atoms with E-state index >= 15 is 0 Å². The van der Waals surface area contributed by atoms with Crippen LogP contribution in [-0.4, -0.2) is 35.7 Å². The van der Waals surface area contributed by atoms with E-state index in [-0.39, 0.29) is 19.1 Å². The Labute approximate surface area is 209 Å². The molecule has 0 fully saturated rings. The van der Waals surface area contributed by atoms with Crippen LogP contribution < -0.4 is 10.6 Å². The number of nitrogens with one attached hydrogen (secondary N) is 2. The van der Waals surface area contributed by atoms with E-state index in [1.807, 2.05) is 65.4 Å². The first kappa shape index (κ1) is 23.1. The molecule has 5 rings (SSSR count). The molecule has 0 bridgehead atoms. The minimum atomic E-state index is -1.25. The number of hydrogen-bond donors (Lipinski definition) is 3. The summed E-state index contributed by atoms with van der Waals surface area (Å²) >= 11 is 3.18. The van der Waals surface area contributed by atoms with Crippen molar-refractivity contribution in [2.24, 2.45) is 0 Å². The number of hydrogen-bond acceptors (Lipinski definition) is 6. The van der Waals surface area contributed by atoms with Gasteiger partial charge in [-0.15, -0.1) is 11.3 Å². The van der Waals surface area contributed by atoms with Gasteiger partial charge in [0, 0.05) is 26.3 Å². The Kier molecular flexibility index (Phi) is 6.52. The minimum Gasteiger partial charge on any atom is -0.481 e. The maximum atomic E-state index is 12.7. The molecule has 4 aromatic rings. The lowest BCUT2D eigenvalue weighted by Crippen LogP contribution is -2.47. The van der Waals surface area contributed by atoms with Gasteiger partial charge in [0.25, 0.3) is 0 Å². The van der Waals surface area contributed by atoms with Crippen LogP contribution in [0.4, 0.5) is 4.79 Å². The van der Waals surface area contributed by atoms with Crippen LogP contribution in [0.25, 0.3) is 21.2 Å². The van der Waals surface area contributed by atoms with Crippen molar-refractivity contribution < 1.29 is 24.2 Å². The number of alkyl carbamates (subject to hydrolysis) is 1. The summed E-state index contributed by atoms with van der Waals surface area (Å²) in [6.07, 6.45) is -1.38. The molecule has 9 heteroatoms. The Morgan fingerprint density at radius 3 is 2.34 bits per heavy atom. The van der Waals surface area contributed by atoms with Gasteiger partial charge in [-0.1, -0.05) is 48.5 Å². The molecule has 1 unspecified atom stereocenters. The van der Waals surface area contributed by atoms with E-state index in [1.165, 1.54) is 0 Å². The fraction of sp³-hybridized carbons (Fsp3) is 0.192. The molecule has 7 nitrogen and oxygen atoms in total. The summed E-state index contributed by atoms with van der Waals surface area (Å²) in [5.74, 6) is -1.90. The Balaban J connectivity index is 1.21. The van der Waals surface area contributed by atoms with Crippen molar-refractivity contribution in [2.45, 2.75) is 24.9 Å². The molecule has 178 valence electrons. The number of carbonyl (C=O) groups excluding carboxylic acids is 2. The third-order valence-corrected chi connectivity index (χ3v) is 7.99. The summed E-state index contributed by atoms with van der Waals surface area (Å²) < 4.78 is 6.61. The average molecular weight is 507 g/mol. The highest BCUT2D eigenvalue weighted by molar-refractivity contribution is 7.22. The van der Waals surface area contributed by atoms with Crippen LogP contribution in [0, 0.1) is 0 Å². The number of carboxylic acid groups (broad SMARTS) is 1. The maximum absolute atomic E-state index is 12.7. The normalized spacial score (nSPS) is 13.1. The molecule has 2 amide bonds. The molecular formula is C26H22N2O5S2. The lowest BCUT2D eigenvalue weighted by molar-refractivity contribution is -0.139. The largest absolute Gasteiger partial charge is 0.481 e. The Morgan fingerprint density at radius 1 is 1.00 bits per heavy atom. The molecule has 1 aliphatic carbocycles. The number of thiophene rings is 2. The minimum absolute atomic E-state index is 0.0764. The van der Waals surface area contributed by atoms with Gasteiger partial charge in [0.1, 0.15) is 12.6 Å². The number of aliphatic carboxylic acids is 1. The molecule has 1 aliphatic rings. The Bertz CT molecular complexity index is 1340. The quantitative estimate of drug-likeness (QED) is 0.313. The van der Waals surface area contributed by atoms with Crippen molar-refractivity contribution >= 4 is 50.7 Å². The smallest absolute Gasteiger partial charge is 0.407 e. The highest BCUT2D eigenvalue weighted by Gasteiger charge is 2.30. The van der Waals surface area contributed by atoms with Crippen LogP contribution in [0.2, 0.25) is 0 Å². The van der Waals surface area contributed by atoms with Crippen molar-refractivity contribution in [1.29, 1.82) is 0 Å². The molecule has 0 aliphatic heterocycles. The van der Waals surface area contributed by atoms with Crippen LogP contribution in [0.1, 0.15) is 28.3 Å². The predicted molar refractivity (Wildman–Crippen MR) is 136 cm³/mol. The fourth-order valence-corrected chi connectivity index (χ4v) is 6.33. The van der Waals surface area contributed by atoms with Crippen molar-refractivity contribution in [3.8, 4) is 11.1 Å². The number of rotatable bonds is 8. The van der Waals surface area contributed by atoms with Gasteiger partial charge >= 0.3 is 12.1 Å². The van der Waals surface area contributed by atoms with E-state index in [1.54, 1.807) is 22.7 Å². The SMILES string of the molecule is O=C(O)CC(NC(=O)OCC1c2ccccc2-c2ccccc21)C(=O)NCc1cc2cscc2s1. The number of fused-ring (bicyclic) bond motifs is 4. The second kappa shape index (κ2) is 9.89. The molecule has 0 saturated carbocycles. The number of amides is 2. The van der Waals surface area contributed by atoms with Gasteiger partial charge in [0.05, 0.1) is 13.0 Å². The van der Waals surface area contributed by atoms with Crippen LogP contribution in [0.3, 0.4) is 0 Å². The molecule has 2 heterocycles. The Morgan fingerprint density at radius 2 is 1.69 bits per heavy atom. The van der Waals surface area contributed by atoms with Crippen LogP contribution in [-0.2, 0) is 20.9 Å². The highest BCUT2D eigenvalue weighted by Crippen LogP contribution is 2.44. The summed E-state index contributed by atoms with van der Waals surface area (Å²) in [6, 6.07) is 16.7. The van der Waals surface area contributed by atoms with Gasteiger partial charge in [-0.3, -0.25) is 9.59 Å². The van der Waals surface area contributed by atoms with Crippen molar-refractivity contribution in [3.05, 3.63) is 81.4 Å². The van der Waals surface area contributed by atoms with Gasteiger partial charge in [-0.25, -0.2) is 4.79 Å². The zero-order valence-corrected chi connectivity index (χ0v) is 20.2. The molecule has 2 aromatic carbocycles. The van der Waals surface area contributed by atoms with Crippen molar-refractivity contribution in [1.82, 2.24) is 10.6 Å². The molecule has 0 radical (unpaired) electrons. The number of ether oxygens (including phenoxy) is 1. The van der Waals surface area contributed by atoms with Gasteiger partial charge < -0.3 is 20.5 Å². The summed E-state index contributed by atoms with van der Waals surface area (Å²) in [6.45, 7) is 0.332. The number of carbonyl (C=O) groups is 3. The topological polar surface area (TPSA) is 105 Å². The monoisotopic (exact) mass is 506 g/mol. The average Bonchev–Trinajstić information content (AvgIpc) is 3.53. The van der Waals surface area contributed by atoms with Gasteiger partial charge in [-0.05, 0) is 33.7 Å². The highest BCUT2D eigenvalue weighted by atomic mass is 32.1. The molecule has 35 heavy (non-hydrogen) atoms. The van der Waals surface area contributed by atoms with E-state index in [9.17, 15) is 19.5 Å². The molecule has 0 saturated heterocycles. The fourth-order valence-electron chi connectivity index (χ4n) is 4.38. The van der Waals surface area contributed by atoms with Crippen LogP contribution >= 0.6 is 22.7 Å². The standard InChI is InChI=1S/C26H22N2O5S2/c29-24(30)10-22(25(31)27-11-16-9-15-13-34-14-23(15)35-16)28-26(32)33-12-21-19-7-3-1-5-17(19)18-6-2-4-8-20(18)21/h1-9,13-14,21-22H,10-12H2,(H,27,31)(H,28,32)(H,29,30). The third-order valence-electron chi connectivity index (χ3n) is 5.98. The van der Waals surface area contributed by atoms with Crippen LogP contribution in [0.15, 0.2) is 65.4 Å². The van der Waals surface area contributed by atoms with Crippen molar-refractivity contribution in [3.63, 3.8) is 0 Å². The van der Waals surface area contributed by atoms with Gasteiger partial charge in [-0.2, -0.15) is 11.3 Å². The molecule has 0 spiro atoms. The van der Waals surface area contributed by atoms with Gasteiger partial charge in [0.2, 0.25) is 5.91 Å². The summed E-state index contributed by atoms with van der Waals surface area (Å²) in [5, 5.41) is 19.6.